The first-order valence-electron chi connectivity index (χ1n) is 8.97. The third kappa shape index (κ3) is 3.35. The molecule has 3 aromatic rings. The lowest BCUT2D eigenvalue weighted by molar-refractivity contribution is 0.102. The third-order valence-electron chi connectivity index (χ3n) is 4.84. The molecular weight excluding hydrogens is 348 g/mol. The molecule has 0 saturated heterocycles. The van der Waals surface area contributed by atoms with Crippen LogP contribution in [0.15, 0.2) is 42.5 Å². The molecule has 1 aromatic heterocycles. The Morgan fingerprint density at radius 1 is 1.07 bits per heavy atom. The standard InChI is InChI=1S/C21H19F2N3O/c1-13-6-11-17(23)18(12-13)24-21(27)20-16-4-2-3-5-19(16)26(25-20)15-9-7-14(22)8-10-15/h6-12H,2-5H2,1H3,(H,24,27). The van der Waals surface area contributed by atoms with Gasteiger partial charge < -0.3 is 5.32 Å². The van der Waals surface area contributed by atoms with Crippen molar-refractivity contribution in [1.82, 2.24) is 9.78 Å². The maximum atomic E-state index is 14.0. The highest BCUT2D eigenvalue weighted by Crippen LogP contribution is 2.28. The molecule has 2 aromatic carbocycles. The molecule has 0 saturated carbocycles. The Balaban J connectivity index is 1.73. The van der Waals surface area contributed by atoms with Crippen LogP contribution in [-0.4, -0.2) is 15.7 Å². The van der Waals surface area contributed by atoms with Crippen LogP contribution in [0.1, 0.15) is 40.2 Å². The van der Waals surface area contributed by atoms with Crippen LogP contribution in [0.5, 0.6) is 0 Å². The molecule has 1 aliphatic rings. The predicted molar refractivity (Wildman–Crippen MR) is 99.3 cm³/mol. The lowest BCUT2D eigenvalue weighted by Gasteiger charge is -2.14. The number of aryl methyl sites for hydroxylation is 1. The lowest BCUT2D eigenvalue weighted by Crippen LogP contribution is -2.16. The van der Waals surface area contributed by atoms with Crippen LogP contribution < -0.4 is 5.32 Å². The van der Waals surface area contributed by atoms with Crippen molar-refractivity contribution in [3.05, 3.63) is 76.6 Å². The van der Waals surface area contributed by atoms with Crippen LogP contribution >= 0.6 is 0 Å². The SMILES string of the molecule is Cc1ccc(F)c(NC(=O)c2nn(-c3ccc(F)cc3)c3c2CCCC3)c1. The van der Waals surface area contributed by atoms with Crippen LogP contribution in [0.25, 0.3) is 5.69 Å². The van der Waals surface area contributed by atoms with Gasteiger partial charge in [-0.1, -0.05) is 6.07 Å². The van der Waals surface area contributed by atoms with Gasteiger partial charge in [-0.3, -0.25) is 4.79 Å². The Morgan fingerprint density at radius 3 is 2.59 bits per heavy atom. The Morgan fingerprint density at radius 2 is 1.81 bits per heavy atom. The van der Waals surface area contributed by atoms with Gasteiger partial charge in [-0.2, -0.15) is 5.10 Å². The number of rotatable bonds is 3. The van der Waals surface area contributed by atoms with E-state index in [1.807, 2.05) is 6.92 Å². The number of carbonyl (C=O) groups is 1. The lowest BCUT2D eigenvalue weighted by atomic mass is 9.95. The maximum Gasteiger partial charge on any atom is 0.276 e. The number of hydrogen-bond donors (Lipinski definition) is 1. The van der Waals surface area contributed by atoms with Crippen LogP contribution in [0, 0.1) is 18.6 Å². The highest BCUT2D eigenvalue weighted by molar-refractivity contribution is 6.04. The van der Waals surface area contributed by atoms with Crippen molar-refractivity contribution in [2.24, 2.45) is 0 Å². The number of halogens is 2. The maximum absolute atomic E-state index is 14.0. The molecule has 0 spiro atoms. The zero-order valence-electron chi connectivity index (χ0n) is 14.9. The number of nitrogens with one attached hydrogen (secondary N) is 1. The van der Waals surface area contributed by atoms with E-state index in [0.29, 0.717) is 11.4 Å². The van der Waals surface area contributed by atoms with E-state index < -0.39 is 11.7 Å². The molecule has 6 heteroatoms. The Bertz CT molecular complexity index is 1010. The summed E-state index contributed by atoms with van der Waals surface area (Å²) < 4.78 is 29.0. The molecule has 0 atom stereocenters. The van der Waals surface area contributed by atoms with Crippen LogP contribution in [-0.2, 0) is 12.8 Å². The summed E-state index contributed by atoms with van der Waals surface area (Å²) >= 11 is 0. The van der Waals surface area contributed by atoms with Gasteiger partial charge in [0.1, 0.15) is 11.6 Å². The van der Waals surface area contributed by atoms with E-state index in [-0.39, 0.29) is 11.5 Å². The molecule has 0 fully saturated rings. The van der Waals surface area contributed by atoms with Gasteiger partial charge >= 0.3 is 0 Å². The number of hydrogen-bond acceptors (Lipinski definition) is 2. The van der Waals surface area contributed by atoms with Crippen molar-refractivity contribution < 1.29 is 13.6 Å². The molecule has 0 bridgehead atoms. The van der Waals surface area contributed by atoms with E-state index in [1.54, 1.807) is 28.9 Å². The van der Waals surface area contributed by atoms with Crippen molar-refractivity contribution in [1.29, 1.82) is 0 Å². The van der Waals surface area contributed by atoms with E-state index >= 15 is 0 Å². The number of amides is 1. The summed E-state index contributed by atoms with van der Waals surface area (Å²) in [6, 6.07) is 10.6. The van der Waals surface area contributed by atoms with Crippen LogP contribution in [0.3, 0.4) is 0 Å². The topological polar surface area (TPSA) is 46.9 Å². The van der Waals surface area contributed by atoms with E-state index in [4.69, 9.17) is 0 Å². The summed E-state index contributed by atoms with van der Waals surface area (Å²) in [5.41, 5.74) is 3.84. The minimum Gasteiger partial charge on any atom is -0.318 e. The average Bonchev–Trinajstić information content (AvgIpc) is 3.05. The van der Waals surface area contributed by atoms with E-state index in [0.717, 1.165) is 42.5 Å². The Hall–Kier alpha value is -3.02. The number of aromatic nitrogens is 2. The zero-order chi connectivity index (χ0) is 19.0. The monoisotopic (exact) mass is 367 g/mol. The second-order valence-electron chi connectivity index (χ2n) is 6.81. The van der Waals surface area contributed by atoms with Gasteiger partial charge in [0, 0.05) is 11.3 Å². The van der Waals surface area contributed by atoms with E-state index in [9.17, 15) is 13.6 Å². The Labute approximate surface area is 155 Å². The first-order valence-corrected chi connectivity index (χ1v) is 8.97. The fraction of sp³-hybridized carbons (Fsp3) is 0.238. The summed E-state index contributed by atoms with van der Waals surface area (Å²) in [5.74, 6) is -1.24. The van der Waals surface area contributed by atoms with Crippen molar-refractivity contribution in [3.63, 3.8) is 0 Å². The van der Waals surface area contributed by atoms with Crippen molar-refractivity contribution in [2.45, 2.75) is 32.6 Å². The van der Waals surface area contributed by atoms with Gasteiger partial charge in [0.05, 0.1) is 11.4 Å². The van der Waals surface area contributed by atoms with Gasteiger partial charge in [0.25, 0.3) is 5.91 Å². The normalized spacial score (nSPS) is 13.3. The van der Waals surface area contributed by atoms with Crippen LogP contribution in [0.4, 0.5) is 14.5 Å². The molecule has 0 aliphatic heterocycles. The molecular formula is C21H19F2N3O. The Kier molecular flexibility index (Phi) is 4.48. The van der Waals surface area contributed by atoms with Gasteiger partial charge in [-0.05, 0) is 74.6 Å². The second kappa shape index (κ2) is 6.95. The zero-order valence-corrected chi connectivity index (χ0v) is 14.9. The molecule has 4 rings (SSSR count). The highest BCUT2D eigenvalue weighted by atomic mass is 19.1. The number of benzene rings is 2. The molecule has 138 valence electrons. The summed E-state index contributed by atoms with van der Waals surface area (Å²) in [4.78, 5) is 12.8. The number of fused-ring (bicyclic) bond motifs is 1. The number of nitrogens with zero attached hydrogens (tertiary/aromatic N) is 2. The number of anilines is 1. The van der Waals surface area contributed by atoms with Gasteiger partial charge in [0.15, 0.2) is 5.69 Å². The third-order valence-corrected chi connectivity index (χ3v) is 4.84. The fourth-order valence-corrected chi connectivity index (χ4v) is 3.49. The molecule has 1 heterocycles. The van der Waals surface area contributed by atoms with Gasteiger partial charge in [0.2, 0.25) is 0 Å². The molecule has 27 heavy (non-hydrogen) atoms. The summed E-state index contributed by atoms with van der Waals surface area (Å²) in [6.07, 6.45) is 3.52. The van der Waals surface area contributed by atoms with Crippen LogP contribution in [0.2, 0.25) is 0 Å². The second-order valence-corrected chi connectivity index (χ2v) is 6.81. The van der Waals surface area contributed by atoms with Crippen molar-refractivity contribution in [3.8, 4) is 5.69 Å². The average molecular weight is 367 g/mol. The summed E-state index contributed by atoms with van der Waals surface area (Å²) in [7, 11) is 0. The summed E-state index contributed by atoms with van der Waals surface area (Å²) in [5, 5.41) is 7.14. The van der Waals surface area contributed by atoms with E-state index in [2.05, 4.69) is 10.4 Å². The summed E-state index contributed by atoms with van der Waals surface area (Å²) in [6.45, 7) is 1.83. The fourth-order valence-electron chi connectivity index (χ4n) is 3.49. The number of carbonyl (C=O) groups excluding carboxylic acids is 1. The van der Waals surface area contributed by atoms with Gasteiger partial charge in [-0.15, -0.1) is 0 Å². The smallest absolute Gasteiger partial charge is 0.276 e. The minimum atomic E-state index is -0.485. The quantitative estimate of drug-likeness (QED) is 0.736. The molecule has 4 nitrogen and oxygen atoms in total. The molecule has 1 aliphatic carbocycles. The molecule has 1 amide bonds. The van der Waals surface area contributed by atoms with Crippen molar-refractivity contribution >= 4 is 11.6 Å². The largest absolute Gasteiger partial charge is 0.318 e. The highest BCUT2D eigenvalue weighted by Gasteiger charge is 2.26. The van der Waals surface area contributed by atoms with Crippen molar-refractivity contribution in [2.75, 3.05) is 5.32 Å². The van der Waals surface area contributed by atoms with E-state index in [1.165, 1.54) is 18.2 Å². The molecule has 1 N–H and O–H groups in total. The van der Waals surface area contributed by atoms with Gasteiger partial charge in [-0.25, -0.2) is 13.5 Å². The minimum absolute atomic E-state index is 0.140. The predicted octanol–water partition coefficient (Wildman–Crippen LogP) is 4.59. The first-order chi connectivity index (χ1) is 13.0. The molecule has 0 radical (unpaired) electrons. The molecule has 0 unspecified atom stereocenters. The first kappa shape index (κ1) is 17.4.